The van der Waals surface area contributed by atoms with Crippen LogP contribution in [0.4, 0.5) is 0 Å². The van der Waals surface area contributed by atoms with E-state index in [0.717, 1.165) is 0 Å². The molecular formula is C3H12N2. The molecule has 0 atom stereocenters. The molecule has 0 rings (SSSR count). The second-order valence-corrected chi connectivity index (χ2v) is 0.707. The lowest BCUT2D eigenvalue weighted by molar-refractivity contribution is 1.09. The molecule has 0 fully saturated rings. The van der Waals surface area contributed by atoms with Crippen LogP contribution in [0.3, 0.4) is 0 Å². The van der Waals surface area contributed by atoms with Gasteiger partial charge in [-0.15, -0.1) is 0 Å². The molecule has 0 radical (unpaired) electrons. The highest BCUT2D eigenvalue weighted by Crippen LogP contribution is 1.56. The van der Waals surface area contributed by atoms with Gasteiger partial charge in [0.25, 0.3) is 0 Å². The Kier molecular flexibility index (Phi) is 70.0. The molecule has 0 amide bonds. The van der Waals surface area contributed by atoms with Gasteiger partial charge in [-0.05, 0) is 0 Å². The minimum atomic E-state index is 1.25. The first-order valence-corrected chi connectivity index (χ1v) is 1.75. The Morgan fingerprint density at radius 2 is 1.20 bits per heavy atom. The first-order valence-electron chi connectivity index (χ1n) is 1.75. The smallest absolute Gasteiger partial charge is 0.0590 e. The molecule has 0 saturated heterocycles. The Morgan fingerprint density at radius 1 is 1.20 bits per heavy atom. The summed E-state index contributed by atoms with van der Waals surface area (Å²) in [5, 5.41) is 0. The van der Waals surface area contributed by atoms with Gasteiger partial charge in [0.1, 0.15) is 0 Å². The van der Waals surface area contributed by atoms with E-state index in [2.05, 4.69) is 25.5 Å². The Balaban J connectivity index is 0. The van der Waals surface area contributed by atoms with Crippen LogP contribution in [-0.2, 0) is 0 Å². The molecule has 0 spiro atoms. The Labute approximate surface area is 33.1 Å². The summed E-state index contributed by atoms with van der Waals surface area (Å²) in [6.45, 7) is 4.25. The van der Waals surface area contributed by atoms with Crippen molar-refractivity contribution in [2.75, 3.05) is 0 Å². The largest absolute Gasteiger partial charge is 0.274 e. The fourth-order valence-electron chi connectivity index (χ4n) is 0. The number of hydrazine groups is 1. The third-order valence-electron chi connectivity index (χ3n) is 0. The zero-order chi connectivity index (χ0) is 4.71. The van der Waals surface area contributed by atoms with Crippen LogP contribution >= 0.6 is 0 Å². The van der Waals surface area contributed by atoms with E-state index in [4.69, 9.17) is 0 Å². The topological polar surface area (TPSA) is 52.0 Å². The first kappa shape index (κ1) is 8.87. The van der Waals surface area contributed by atoms with Gasteiger partial charge in [-0.1, -0.05) is 20.3 Å². The SMILES string of the molecule is CCC.NN. The summed E-state index contributed by atoms with van der Waals surface area (Å²) in [6, 6.07) is 0. The third kappa shape index (κ3) is 2260. The average molecular weight is 76.1 g/mol. The van der Waals surface area contributed by atoms with Crippen molar-refractivity contribution in [2.45, 2.75) is 20.3 Å². The maximum absolute atomic E-state index is 4.00. The van der Waals surface area contributed by atoms with Crippen molar-refractivity contribution in [2.24, 2.45) is 11.7 Å². The highest BCUT2D eigenvalue weighted by Gasteiger charge is 1.35. The summed E-state index contributed by atoms with van der Waals surface area (Å²) in [6.07, 6.45) is 1.25. The van der Waals surface area contributed by atoms with E-state index < -0.39 is 0 Å². The third-order valence-corrected chi connectivity index (χ3v) is 0. The molecule has 0 aromatic rings. The van der Waals surface area contributed by atoms with Gasteiger partial charge < -0.3 is 0 Å². The van der Waals surface area contributed by atoms with E-state index >= 15 is 0 Å². The summed E-state index contributed by atoms with van der Waals surface area (Å²) < 4.78 is 0. The molecule has 4 N–H and O–H groups in total. The second-order valence-electron chi connectivity index (χ2n) is 0.707. The van der Waals surface area contributed by atoms with Gasteiger partial charge in [0.05, 0.1) is 0 Å². The van der Waals surface area contributed by atoms with Gasteiger partial charge in [0.2, 0.25) is 0 Å². The highest BCUT2D eigenvalue weighted by atomic mass is 15.0. The molecule has 0 unspecified atom stereocenters. The van der Waals surface area contributed by atoms with Crippen molar-refractivity contribution in [1.82, 2.24) is 0 Å². The van der Waals surface area contributed by atoms with E-state index in [-0.39, 0.29) is 0 Å². The number of hydrogen-bond acceptors (Lipinski definition) is 2. The van der Waals surface area contributed by atoms with Crippen LogP contribution in [0.5, 0.6) is 0 Å². The lowest BCUT2D eigenvalue weighted by Crippen LogP contribution is -2.02. The van der Waals surface area contributed by atoms with Crippen LogP contribution < -0.4 is 11.7 Å². The van der Waals surface area contributed by atoms with Crippen molar-refractivity contribution in [1.29, 1.82) is 0 Å². The van der Waals surface area contributed by atoms with Gasteiger partial charge in [-0.25, -0.2) is 0 Å². The first-order chi connectivity index (χ1) is 2.41. The monoisotopic (exact) mass is 76.1 g/mol. The predicted octanol–water partition coefficient (Wildman–Crippen LogP) is 0.235. The minimum Gasteiger partial charge on any atom is -0.274 e. The number of nitrogens with two attached hydrogens (primary N) is 2. The second kappa shape index (κ2) is 39.5. The quantitative estimate of drug-likeness (QED) is 0.320. The zero-order valence-corrected chi connectivity index (χ0v) is 3.86. The normalized spacial score (nSPS) is 4.80. The summed E-state index contributed by atoms with van der Waals surface area (Å²) in [7, 11) is 0. The lowest BCUT2D eigenvalue weighted by atomic mass is 10.6. The lowest BCUT2D eigenvalue weighted by Gasteiger charge is -1.48. The maximum Gasteiger partial charge on any atom is -0.0590 e. The average Bonchev–Trinajstić information content (AvgIpc) is 1.46. The number of hydrogen-bond donors (Lipinski definition) is 2. The molecule has 0 aromatic carbocycles. The number of rotatable bonds is 0. The van der Waals surface area contributed by atoms with Crippen LogP contribution in [0.2, 0.25) is 0 Å². The summed E-state index contributed by atoms with van der Waals surface area (Å²) in [5.74, 6) is 8.00. The molecule has 0 aliphatic heterocycles. The van der Waals surface area contributed by atoms with Crippen molar-refractivity contribution in [3.05, 3.63) is 0 Å². The van der Waals surface area contributed by atoms with Crippen LogP contribution in [0.1, 0.15) is 20.3 Å². The van der Waals surface area contributed by atoms with E-state index in [9.17, 15) is 0 Å². The van der Waals surface area contributed by atoms with E-state index in [1.165, 1.54) is 6.42 Å². The molecule has 0 aromatic heterocycles. The fraction of sp³-hybridized carbons (Fsp3) is 1.00. The van der Waals surface area contributed by atoms with Crippen LogP contribution in [0.15, 0.2) is 0 Å². The Bertz CT molecular complexity index is 4.85. The van der Waals surface area contributed by atoms with Crippen LogP contribution in [0.25, 0.3) is 0 Å². The van der Waals surface area contributed by atoms with Gasteiger partial charge in [0.15, 0.2) is 0 Å². The highest BCUT2D eigenvalue weighted by molar-refractivity contribution is 3.92. The molecule has 0 aliphatic rings. The summed E-state index contributed by atoms with van der Waals surface area (Å²) in [5.41, 5.74) is 0. The summed E-state index contributed by atoms with van der Waals surface area (Å²) in [4.78, 5) is 0. The van der Waals surface area contributed by atoms with E-state index in [0.29, 0.717) is 0 Å². The van der Waals surface area contributed by atoms with Crippen molar-refractivity contribution in [3.8, 4) is 0 Å². The maximum atomic E-state index is 4.00. The minimum absolute atomic E-state index is 1.25. The van der Waals surface area contributed by atoms with Crippen molar-refractivity contribution >= 4 is 0 Å². The van der Waals surface area contributed by atoms with Crippen LogP contribution in [0, 0.1) is 0 Å². The predicted molar refractivity (Wildman–Crippen MR) is 24.3 cm³/mol. The van der Waals surface area contributed by atoms with Gasteiger partial charge >= 0.3 is 0 Å². The molecule has 0 heterocycles. The fourth-order valence-corrected chi connectivity index (χ4v) is 0. The Hall–Kier alpha value is -0.0800. The van der Waals surface area contributed by atoms with Crippen molar-refractivity contribution < 1.29 is 0 Å². The molecule has 5 heavy (non-hydrogen) atoms. The molecule has 0 bridgehead atoms. The summed E-state index contributed by atoms with van der Waals surface area (Å²) >= 11 is 0. The molecule has 0 aliphatic carbocycles. The van der Waals surface area contributed by atoms with Gasteiger partial charge in [-0.2, -0.15) is 0 Å². The van der Waals surface area contributed by atoms with Crippen LogP contribution in [-0.4, -0.2) is 0 Å². The molecule has 34 valence electrons. The molecule has 0 saturated carbocycles. The zero-order valence-electron chi connectivity index (χ0n) is 3.86. The molecule has 2 nitrogen and oxygen atoms in total. The van der Waals surface area contributed by atoms with Gasteiger partial charge in [0, 0.05) is 0 Å². The Morgan fingerprint density at radius 3 is 1.20 bits per heavy atom. The molecule has 2 heteroatoms. The standard InChI is InChI=1S/C3H8.H4N2/c1-3-2;1-2/h3H2,1-2H3;1-2H2. The molecular weight excluding hydrogens is 64.0 g/mol. The van der Waals surface area contributed by atoms with E-state index in [1.807, 2.05) is 0 Å². The van der Waals surface area contributed by atoms with Crippen molar-refractivity contribution in [3.63, 3.8) is 0 Å². The van der Waals surface area contributed by atoms with E-state index in [1.54, 1.807) is 0 Å². The van der Waals surface area contributed by atoms with Gasteiger partial charge in [-0.3, -0.25) is 11.7 Å².